The maximum Gasteiger partial charge on any atom is 0.320 e. The summed E-state index contributed by atoms with van der Waals surface area (Å²) in [5.74, 6) is -5.24. The number of hydrogen-bond acceptors (Lipinski definition) is 2. The Bertz CT molecular complexity index is 544. The molecule has 1 aromatic carbocycles. The number of carbonyl (C=O) groups is 2. The van der Waals surface area contributed by atoms with Crippen LogP contribution in [-0.2, 0) is 10.2 Å². The Balaban J connectivity index is 2.39. The molecule has 1 aliphatic carbocycles. The molecule has 102 valence electrons. The SMILES string of the molecule is CCNC(=O)c1cccc(C2(C(=O)O)CC2(F)F)c1. The lowest BCUT2D eigenvalue weighted by molar-refractivity contribution is -0.142. The summed E-state index contributed by atoms with van der Waals surface area (Å²) in [4.78, 5) is 22.8. The lowest BCUT2D eigenvalue weighted by atomic mass is 9.93. The van der Waals surface area contributed by atoms with Gasteiger partial charge < -0.3 is 10.4 Å². The summed E-state index contributed by atoms with van der Waals surface area (Å²) < 4.78 is 26.8. The molecule has 0 heterocycles. The molecular weight excluding hydrogens is 256 g/mol. The van der Waals surface area contributed by atoms with Crippen LogP contribution in [0.15, 0.2) is 24.3 Å². The summed E-state index contributed by atoms with van der Waals surface area (Å²) >= 11 is 0. The highest BCUT2D eigenvalue weighted by Gasteiger charge is 2.77. The van der Waals surface area contributed by atoms with Crippen molar-refractivity contribution < 1.29 is 23.5 Å². The third kappa shape index (κ3) is 1.97. The number of carboxylic acids is 1. The average molecular weight is 269 g/mol. The minimum Gasteiger partial charge on any atom is -0.480 e. The van der Waals surface area contributed by atoms with Gasteiger partial charge in [-0.1, -0.05) is 12.1 Å². The molecule has 19 heavy (non-hydrogen) atoms. The average Bonchev–Trinajstić information content (AvgIpc) is 2.95. The standard InChI is InChI=1S/C13H13F2NO3/c1-2-16-10(17)8-4-3-5-9(6-8)12(11(18)19)7-13(12,14)15/h3-6H,2,7H2,1H3,(H,16,17)(H,18,19). The number of carboxylic acid groups (broad SMARTS) is 1. The monoisotopic (exact) mass is 269 g/mol. The molecule has 2 rings (SSSR count). The van der Waals surface area contributed by atoms with E-state index in [-0.39, 0.29) is 11.1 Å². The van der Waals surface area contributed by atoms with Gasteiger partial charge in [-0.05, 0) is 24.6 Å². The van der Waals surface area contributed by atoms with Crippen molar-refractivity contribution in [1.82, 2.24) is 5.32 Å². The summed E-state index contributed by atoms with van der Waals surface area (Å²) in [5.41, 5.74) is -2.04. The number of hydrogen-bond donors (Lipinski definition) is 2. The molecule has 1 fully saturated rings. The molecule has 1 amide bonds. The largest absolute Gasteiger partial charge is 0.480 e. The van der Waals surface area contributed by atoms with Gasteiger partial charge in [0.1, 0.15) is 0 Å². The summed E-state index contributed by atoms with van der Waals surface area (Å²) in [7, 11) is 0. The molecular formula is C13H13F2NO3. The van der Waals surface area contributed by atoms with Gasteiger partial charge in [-0.25, -0.2) is 8.78 Å². The first-order valence-corrected chi connectivity index (χ1v) is 5.85. The Morgan fingerprint density at radius 3 is 2.53 bits per heavy atom. The zero-order valence-electron chi connectivity index (χ0n) is 10.2. The molecule has 4 nitrogen and oxygen atoms in total. The highest BCUT2D eigenvalue weighted by Crippen LogP contribution is 2.61. The van der Waals surface area contributed by atoms with E-state index < -0.39 is 29.6 Å². The van der Waals surface area contributed by atoms with Gasteiger partial charge >= 0.3 is 5.97 Å². The van der Waals surface area contributed by atoms with E-state index in [2.05, 4.69) is 5.32 Å². The summed E-state index contributed by atoms with van der Waals surface area (Å²) in [5, 5.41) is 11.6. The van der Waals surface area contributed by atoms with Crippen LogP contribution in [0.1, 0.15) is 29.3 Å². The highest BCUT2D eigenvalue weighted by atomic mass is 19.3. The molecule has 1 aliphatic rings. The number of halogens is 2. The zero-order chi connectivity index (χ0) is 14.3. The molecule has 0 radical (unpaired) electrons. The van der Waals surface area contributed by atoms with Crippen LogP contribution in [0, 0.1) is 0 Å². The first kappa shape index (κ1) is 13.5. The van der Waals surface area contributed by atoms with Crippen molar-refractivity contribution in [3.63, 3.8) is 0 Å². The van der Waals surface area contributed by atoms with Crippen LogP contribution in [0.3, 0.4) is 0 Å². The number of carbonyl (C=O) groups excluding carboxylic acids is 1. The maximum atomic E-state index is 13.4. The number of amides is 1. The van der Waals surface area contributed by atoms with E-state index in [0.717, 1.165) is 0 Å². The fraction of sp³-hybridized carbons (Fsp3) is 0.385. The van der Waals surface area contributed by atoms with Gasteiger partial charge in [0, 0.05) is 18.5 Å². The van der Waals surface area contributed by atoms with Crippen molar-refractivity contribution >= 4 is 11.9 Å². The number of rotatable bonds is 4. The van der Waals surface area contributed by atoms with E-state index >= 15 is 0 Å². The van der Waals surface area contributed by atoms with Crippen LogP contribution < -0.4 is 5.32 Å². The zero-order valence-corrected chi connectivity index (χ0v) is 10.2. The molecule has 1 aromatic rings. The Morgan fingerprint density at radius 1 is 1.42 bits per heavy atom. The minimum absolute atomic E-state index is 0.0336. The van der Waals surface area contributed by atoms with Gasteiger partial charge in [0.2, 0.25) is 0 Å². The molecule has 1 atom stereocenters. The molecule has 0 aliphatic heterocycles. The van der Waals surface area contributed by atoms with Crippen molar-refractivity contribution in [2.75, 3.05) is 6.54 Å². The second-order valence-corrected chi connectivity index (χ2v) is 4.53. The first-order chi connectivity index (χ1) is 8.85. The van der Waals surface area contributed by atoms with E-state index in [1.807, 2.05) is 0 Å². The molecule has 1 unspecified atom stereocenters. The van der Waals surface area contributed by atoms with Gasteiger partial charge in [0.25, 0.3) is 11.8 Å². The second kappa shape index (κ2) is 4.29. The van der Waals surface area contributed by atoms with Crippen LogP contribution in [0.4, 0.5) is 8.78 Å². The van der Waals surface area contributed by atoms with Crippen molar-refractivity contribution in [2.45, 2.75) is 24.7 Å². The molecule has 1 saturated carbocycles. The summed E-state index contributed by atoms with van der Waals surface area (Å²) in [6, 6.07) is 5.42. The van der Waals surface area contributed by atoms with E-state index in [4.69, 9.17) is 5.11 Å². The van der Waals surface area contributed by atoms with Crippen LogP contribution >= 0.6 is 0 Å². The Hall–Kier alpha value is -1.98. The molecule has 0 spiro atoms. The first-order valence-electron chi connectivity index (χ1n) is 5.85. The molecule has 0 aromatic heterocycles. The van der Waals surface area contributed by atoms with E-state index in [9.17, 15) is 18.4 Å². The third-order valence-corrected chi connectivity index (χ3v) is 3.31. The van der Waals surface area contributed by atoms with Gasteiger partial charge in [-0.15, -0.1) is 0 Å². The van der Waals surface area contributed by atoms with Crippen molar-refractivity contribution in [1.29, 1.82) is 0 Å². The number of nitrogens with one attached hydrogen (secondary N) is 1. The number of aliphatic carboxylic acids is 1. The topological polar surface area (TPSA) is 66.4 Å². The van der Waals surface area contributed by atoms with Crippen LogP contribution in [0.5, 0.6) is 0 Å². The molecule has 0 saturated heterocycles. The van der Waals surface area contributed by atoms with Crippen LogP contribution in [0.25, 0.3) is 0 Å². The van der Waals surface area contributed by atoms with Crippen LogP contribution in [-0.4, -0.2) is 29.5 Å². The molecule has 2 N–H and O–H groups in total. The van der Waals surface area contributed by atoms with Crippen molar-refractivity contribution in [2.24, 2.45) is 0 Å². The fourth-order valence-corrected chi connectivity index (χ4v) is 2.15. The van der Waals surface area contributed by atoms with Gasteiger partial charge in [-0.2, -0.15) is 0 Å². The number of alkyl halides is 2. The predicted molar refractivity (Wildman–Crippen MR) is 63.3 cm³/mol. The van der Waals surface area contributed by atoms with E-state index in [1.165, 1.54) is 24.3 Å². The summed E-state index contributed by atoms with van der Waals surface area (Å²) in [6.45, 7) is 2.14. The van der Waals surface area contributed by atoms with Crippen LogP contribution in [0.2, 0.25) is 0 Å². The van der Waals surface area contributed by atoms with Gasteiger partial charge in [-0.3, -0.25) is 9.59 Å². The van der Waals surface area contributed by atoms with Crippen molar-refractivity contribution in [3.05, 3.63) is 35.4 Å². The Labute approximate surface area is 108 Å². The fourth-order valence-electron chi connectivity index (χ4n) is 2.15. The molecule has 0 bridgehead atoms. The second-order valence-electron chi connectivity index (χ2n) is 4.53. The third-order valence-electron chi connectivity index (χ3n) is 3.31. The van der Waals surface area contributed by atoms with Gasteiger partial charge in [0.15, 0.2) is 5.41 Å². The number of benzene rings is 1. The maximum absolute atomic E-state index is 13.4. The smallest absolute Gasteiger partial charge is 0.320 e. The normalized spacial score (nSPS) is 23.7. The lowest BCUT2D eigenvalue weighted by Crippen LogP contribution is -2.28. The highest BCUT2D eigenvalue weighted by molar-refractivity contribution is 5.95. The van der Waals surface area contributed by atoms with E-state index in [1.54, 1.807) is 6.92 Å². The van der Waals surface area contributed by atoms with Crippen molar-refractivity contribution in [3.8, 4) is 0 Å². The Kier molecular flexibility index (Phi) is 3.04. The predicted octanol–water partition coefficient (Wildman–Crippen LogP) is 1.80. The summed E-state index contributed by atoms with van der Waals surface area (Å²) in [6.07, 6.45) is -0.728. The lowest BCUT2D eigenvalue weighted by Gasteiger charge is -2.13. The quantitative estimate of drug-likeness (QED) is 0.875. The minimum atomic E-state index is -3.27. The Morgan fingerprint density at radius 2 is 2.05 bits per heavy atom. The van der Waals surface area contributed by atoms with E-state index in [0.29, 0.717) is 6.54 Å². The molecule has 6 heteroatoms. The van der Waals surface area contributed by atoms with Gasteiger partial charge in [0.05, 0.1) is 0 Å².